The van der Waals surface area contributed by atoms with Gasteiger partial charge in [-0.2, -0.15) is 5.10 Å². The minimum absolute atomic E-state index is 0.477. The molecule has 0 spiro atoms. The Balaban J connectivity index is 1.68. The molecule has 24 heavy (non-hydrogen) atoms. The number of nitrogens with one attached hydrogen (secondary N) is 2. The molecule has 0 aliphatic rings. The Labute approximate surface area is 159 Å². The van der Waals surface area contributed by atoms with Crippen molar-refractivity contribution in [3.8, 4) is 0 Å². The summed E-state index contributed by atoms with van der Waals surface area (Å²) in [7, 11) is 0. The number of aromatic nitrogens is 2. The molecule has 122 valence electrons. The van der Waals surface area contributed by atoms with Crippen molar-refractivity contribution < 1.29 is 0 Å². The molecule has 7 heteroatoms. The molecule has 0 unspecified atom stereocenters. The first kappa shape index (κ1) is 17.0. The Kier molecular flexibility index (Phi) is 5.50. The number of thiocarbonyl (C=S) groups is 1. The van der Waals surface area contributed by atoms with Crippen LogP contribution in [-0.4, -0.2) is 14.9 Å². The number of para-hydroxylation sites is 1. The molecule has 0 saturated carbocycles. The van der Waals surface area contributed by atoms with Crippen molar-refractivity contribution in [2.45, 2.75) is 6.54 Å². The van der Waals surface area contributed by atoms with E-state index in [1.807, 2.05) is 60.8 Å². The molecular weight excluding hydrogens is 408 g/mol. The molecule has 0 radical (unpaired) electrons. The van der Waals surface area contributed by atoms with Gasteiger partial charge in [-0.3, -0.25) is 4.68 Å². The van der Waals surface area contributed by atoms with E-state index >= 15 is 0 Å². The highest BCUT2D eigenvalue weighted by Crippen LogP contribution is 2.22. The average Bonchev–Trinajstić information content (AvgIpc) is 2.90. The van der Waals surface area contributed by atoms with E-state index in [0.29, 0.717) is 17.5 Å². The van der Waals surface area contributed by atoms with E-state index in [2.05, 4.69) is 31.7 Å². The van der Waals surface area contributed by atoms with Gasteiger partial charge in [0.15, 0.2) is 10.9 Å². The van der Waals surface area contributed by atoms with Gasteiger partial charge in [0, 0.05) is 16.9 Å². The van der Waals surface area contributed by atoms with Crippen molar-refractivity contribution >= 4 is 56.4 Å². The summed E-state index contributed by atoms with van der Waals surface area (Å²) in [6, 6.07) is 17.4. The molecule has 0 atom stereocenters. The molecule has 3 aromatic rings. The fourth-order valence-electron chi connectivity index (χ4n) is 2.16. The lowest BCUT2D eigenvalue weighted by Crippen LogP contribution is -2.19. The van der Waals surface area contributed by atoms with Crippen molar-refractivity contribution in [1.29, 1.82) is 0 Å². The third-order valence-corrected chi connectivity index (χ3v) is 4.42. The van der Waals surface area contributed by atoms with Crippen molar-refractivity contribution in [3.05, 3.63) is 75.9 Å². The zero-order chi connectivity index (χ0) is 16.9. The van der Waals surface area contributed by atoms with E-state index in [1.165, 1.54) is 0 Å². The van der Waals surface area contributed by atoms with Crippen LogP contribution in [0.5, 0.6) is 0 Å². The highest BCUT2D eigenvalue weighted by Gasteiger charge is 2.09. The molecule has 2 N–H and O–H groups in total. The van der Waals surface area contributed by atoms with Crippen LogP contribution in [0.2, 0.25) is 5.02 Å². The Bertz CT molecular complexity index is 851. The van der Waals surface area contributed by atoms with E-state index in [-0.39, 0.29) is 0 Å². The summed E-state index contributed by atoms with van der Waals surface area (Å²) in [5, 5.41) is 11.9. The zero-order valence-corrected chi connectivity index (χ0v) is 15.7. The summed E-state index contributed by atoms with van der Waals surface area (Å²) >= 11 is 15.0. The van der Waals surface area contributed by atoms with Gasteiger partial charge >= 0.3 is 0 Å². The minimum atomic E-state index is 0.477. The standard InChI is InChI=1S/C17H14BrClN4S/c18-14-11-23(10-12-6-4-5-9-15(12)19)22-16(14)21-17(24)20-13-7-2-1-3-8-13/h1-9,11H,10H2,(H2,20,21,22,24). The van der Waals surface area contributed by atoms with Crippen LogP contribution in [0.3, 0.4) is 0 Å². The molecule has 3 rings (SSSR count). The predicted octanol–water partition coefficient (Wildman–Crippen LogP) is 5.16. The maximum atomic E-state index is 6.20. The number of hydrogen-bond donors (Lipinski definition) is 2. The van der Waals surface area contributed by atoms with Crippen molar-refractivity contribution in [2.75, 3.05) is 10.6 Å². The molecule has 0 fully saturated rings. The summed E-state index contributed by atoms with van der Waals surface area (Å²) < 4.78 is 2.63. The van der Waals surface area contributed by atoms with Gasteiger partial charge in [0.2, 0.25) is 0 Å². The lowest BCUT2D eigenvalue weighted by atomic mass is 10.2. The monoisotopic (exact) mass is 420 g/mol. The smallest absolute Gasteiger partial charge is 0.176 e. The van der Waals surface area contributed by atoms with Crippen molar-refractivity contribution in [3.63, 3.8) is 0 Å². The highest BCUT2D eigenvalue weighted by molar-refractivity contribution is 9.10. The fourth-order valence-corrected chi connectivity index (χ4v) is 2.98. The van der Waals surface area contributed by atoms with Crippen LogP contribution < -0.4 is 10.6 Å². The number of anilines is 2. The van der Waals surface area contributed by atoms with E-state index in [1.54, 1.807) is 4.68 Å². The summed E-state index contributed by atoms with van der Waals surface area (Å²) in [6.07, 6.45) is 1.89. The summed E-state index contributed by atoms with van der Waals surface area (Å²) in [6.45, 7) is 0.582. The van der Waals surface area contributed by atoms with Crippen LogP contribution in [0, 0.1) is 0 Å². The SMILES string of the molecule is S=C(Nc1ccccc1)Nc1nn(Cc2ccccc2Cl)cc1Br. The molecular formula is C17H14BrClN4S. The maximum absolute atomic E-state index is 6.20. The Morgan fingerprint density at radius 3 is 2.54 bits per heavy atom. The van der Waals surface area contributed by atoms with Crippen LogP contribution in [0.15, 0.2) is 65.3 Å². The second-order valence-electron chi connectivity index (χ2n) is 5.06. The number of benzene rings is 2. The number of hydrogen-bond acceptors (Lipinski definition) is 2. The quantitative estimate of drug-likeness (QED) is 0.571. The first-order valence-corrected chi connectivity index (χ1v) is 8.79. The third-order valence-electron chi connectivity index (χ3n) is 3.27. The van der Waals surface area contributed by atoms with Gasteiger partial charge in [0.1, 0.15) is 0 Å². The highest BCUT2D eigenvalue weighted by atomic mass is 79.9. The molecule has 0 aliphatic carbocycles. The van der Waals surface area contributed by atoms with Gasteiger partial charge in [-0.05, 0) is 51.9 Å². The molecule has 0 amide bonds. The number of rotatable bonds is 4. The predicted molar refractivity (Wildman–Crippen MR) is 107 cm³/mol. The normalized spacial score (nSPS) is 10.4. The van der Waals surface area contributed by atoms with Crippen LogP contribution >= 0.6 is 39.7 Å². The molecule has 2 aromatic carbocycles. The number of halogens is 2. The Morgan fingerprint density at radius 2 is 1.79 bits per heavy atom. The molecule has 1 aromatic heterocycles. The van der Waals surface area contributed by atoms with Gasteiger partial charge in [-0.25, -0.2) is 0 Å². The van der Waals surface area contributed by atoms with E-state index < -0.39 is 0 Å². The maximum Gasteiger partial charge on any atom is 0.176 e. The molecule has 0 aliphatic heterocycles. The fraction of sp³-hybridized carbons (Fsp3) is 0.0588. The van der Waals surface area contributed by atoms with Gasteiger partial charge < -0.3 is 10.6 Å². The summed E-state index contributed by atoms with van der Waals surface area (Å²) in [4.78, 5) is 0. The molecule has 1 heterocycles. The van der Waals surface area contributed by atoms with Gasteiger partial charge in [0.05, 0.1) is 11.0 Å². The number of nitrogens with zero attached hydrogens (tertiary/aromatic N) is 2. The van der Waals surface area contributed by atoms with E-state index in [9.17, 15) is 0 Å². The van der Waals surface area contributed by atoms with Crippen LogP contribution in [-0.2, 0) is 6.54 Å². The molecule has 0 saturated heterocycles. The summed E-state index contributed by atoms with van der Waals surface area (Å²) in [5.74, 6) is 0.649. The van der Waals surface area contributed by atoms with Gasteiger partial charge in [-0.15, -0.1) is 0 Å². The van der Waals surface area contributed by atoms with Crippen LogP contribution in [0.25, 0.3) is 0 Å². The van der Waals surface area contributed by atoms with E-state index in [0.717, 1.165) is 20.7 Å². The topological polar surface area (TPSA) is 41.9 Å². The lowest BCUT2D eigenvalue weighted by molar-refractivity contribution is 0.690. The lowest BCUT2D eigenvalue weighted by Gasteiger charge is -2.08. The largest absolute Gasteiger partial charge is 0.332 e. The Hall–Kier alpha value is -1.89. The van der Waals surface area contributed by atoms with Crippen LogP contribution in [0.1, 0.15) is 5.56 Å². The van der Waals surface area contributed by atoms with E-state index in [4.69, 9.17) is 23.8 Å². The van der Waals surface area contributed by atoms with Crippen LogP contribution in [0.4, 0.5) is 11.5 Å². The van der Waals surface area contributed by atoms with Crippen molar-refractivity contribution in [2.24, 2.45) is 0 Å². The average molecular weight is 422 g/mol. The second-order valence-corrected chi connectivity index (χ2v) is 6.73. The summed E-state index contributed by atoms with van der Waals surface area (Å²) in [5.41, 5.74) is 1.92. The zero-order valence-electron chi connectivity index (χ0n) is 12.5. The van der Waals surface area contributed by atoms with Gasteiger partial charge in [0.25, 0.3) is 0 Å². The first-order chi connectivity index (χ1) is 11.6. The third kappa shape index (κ3) is 4.35. The van der Waals surface area contributed by atoms with Gasteiger partial charge in [-0.1, -0.05) is 48.0 Å². The first-order valence-electron chi connectivity index (χ1n) is 7.21. The van der Waals surface area contributed by atoms with Crippen molar-refractivity contribution in [1.82, 2.24) is 9.78 Å². The second kappa shape index (κ2) is 7.79. The molecule has 4 nitrogen and oxygen atoms in total. The Morgan fingerprint density at radius 1 is 1.08 bits per heavy atom. The molecule has 0 bridgehead atoms. The minimum Gasteiger partial charge on any atom is -0.332 e.